The van der Waals surface area contributed by atoms with E-state index in [2.05, 4.69) is 39.9 Å². The summed E-state index contributed by atoms with van der Waals surface area (Å²) >= 11 is 5.95. The van der Waals surface area contributed by atoms with Crippen LogP contribution in [0.2, 0.25) is 5.15 Å². The van der Waals surface area contributed by atoms with Gasteiger partial charge in [0.2, 0.25) is 5.91 Å². The Morgan fingerprint density at radius 2 is 1.92 bits per heavy atom. The van der Waals surface area contributed by atoms with Crippen LogP contribution in [0, 0.1) is 0 Å². The molecule has 0 bridgehead atoms. The summed E-state index contributed by atoms with van der Waals surface area (Å²) in [5.41, 5.74) is 1.68. The molecule has 1 aromatic heterocycles. The lowest BCUT2D eigenvalue weighted by atomic mass is 10.00. The molecule has 2 aromatic carbocycles. The van der Waals surface area contributed by atoms with Crippen LogP contribution in [-0.2, 0) is 4.79 Å². The second kappa shape index (κ2) is 7.43. The van der Waals surface area contributed by atoms with Crippen LogP contribution >= 0.6 is 11.6 Å². The molecule has 0 saturated carbocycles. The van der Waals surface area contributed by atoms with Crippen LogP contribution in [-0.4, -0.2) is 17.4 Å². The summed E-state index contributed by atoms with van der Waals surface area (Å²) in [7, 11) is 0. The Labute approximate surface area is 145 Å². The summed E-state index contributed by atoms with van der Waals surface area (Å²) in [6, 6.07) is 17.9. The van der Waals surface area contributed by atoms with Crippen LogP contribution in [0.4, 0.5) is 5.69 Å². The molecule has 3 rings (SSSR count). The molecule has 1 atom stereocenters. The van der Waals surface area contributed by atoms with E-state index in [0.29, 0.717) is 5.69 Å². The first-order valence-corrected chi connectivity index (χ1v) is 8.14. The fraction of sp³-hybridized carbons (Fsp3) is 0.158. The molecule has 1 heterocycles. The van der Waals surface area contributed by atoms with E-state index < -0.39 is 0 Å². The Kier molecular flexibility index (Phi) is 5.08. The zero-order chi connectivity index (χ0) is 16.9. The molecule has 2 N–H and O–H groups in total. The molecule has 24 heavy (non-hydrogen) atoms. The van der Waals surface area contributed by atoms with Gasteiger partial charge < -0.3 is 10.6 Å². The fourth-order valence-electron chi connectivity index (χ4n) is 2.66. The number of carbonyl (C=O) groups excluding carboxylic acids is 1. The molecular formula is C19H18ClN3O. The van der Waals surface area contributed by atoms with E-state index >= 15 is 0 Å². The van der Waals surface area contributed by atoms with Crippen molar-refractivity contribution in [2.24, 2.45) is 0 Å². The molecule has 0 unspecified atom stereocenters. The minimum atomic E-state index is -0.156. The van der Waals surface area contributed by atoms with Crippen LogP contribution in [0.15, 0.2) is 60.8 Å². The highest BCUT2D eigenvalue weighted by Gasteiger charge is 2.11. The van der Waals surface area contributed by atoms with E-state index in [0.717, 1.165) is 0 Å². The number of aromatic nitrogens is 1. The van der Waals surface area contributed by atoms with Crippen molar-refractivity contribution in [1.82, 2.24) is 10.3 Å². The maximum Gasteiger partial charge on any atom is 0.238 e. The van der Waals surface area contributed by atoms with Gasteiger partial charge in [-0.1, -0.05) is 54.1 Å². The lowest BCUT2D eigenvalue weighted by Gasteiger charge is -2.16. The second-order valence-corrected chi connectivity index (χ2v) is 5.92. The second-order valence-electron chi connectivity index (χ2n) is 5.56. The zero-order valence-electron chi connectivity index (χ0n) is 13.3. The van der Waals surface area contributed by atoms with Gasteiger partial charge in [0.05, 0.1) is 12.2 Å². The topological polar surface area (TPSA) is 54.0 Å². The highest BCUT2D eigenvalue weighted by Crippen LogP contribution is 2.24. The summed E-state index contributed by atoms with van der Waals surface area (Å²) in [5.74, 6) is -0.156. The molecule has 1 amide bonds. The number of halogens is 1. The van der Waals surface area contributed by atoms with E-state index in [-0.39, 0.29) is 23.6 Å². The average molecular weight is 340 g/mol. The number of nitrogens with one attached hydrogen (secondary N) is 2. The van der Waals surface area contributed by atoms with Crippen LogP contribution in [0.1, 0.15) is 18.5 Å². The number of anilines is 1. The zero-order valence-corrected chi connectivity index (χ0v) is 14.0. The van der Waals surface area contributed by atoms with E-state index in [1.807, 2.05) is 25.1 Å². The summed E-state index contributed by atoms with van der Waals surface area (Å²) in [5, 5.41) is 8.68. The minimum Gasteiger partial charge on any atom is -0.322 e. The molecule has 0 aliphatic rings. The summed E-state index contributed by atoms with van der Waals surface area (Å²) in [6.07, 6.45) is 1.58. The highest BCUT2D eigenvalue weighted by atomic mass is 35.5. The van der Waals surface area contributed by atoms with Crippen molar-refractivity contribution in [3.8, 4) is 0 Å². The van der Waals surface area contributed by atoms with E-state index in [9.17, 15) is 4.79 Å². The minimum absolute atomic E-state index is 0.0474. The van der Waals surface area contributed by atoms with Gasteiger partial charge in [0.15, 0.2) is 5.15 Å². The van der Waals surface area contributed by atoms with Crippen LogP contribution in [0.3, 0.4) is 0 Å². The Bertz CT molecular complexity index is 861. The maximum absolute atomic E-state index is 12.1. The van der Waals surface area contributed by atoms with Gasteiger partial charge in [-0.25, -0.2) is 4.98 Å². The lowest BCUT2D eigenvalue weighted by molar-refractivity contribution is -0.115. The van der Waals surface area contributed by atoms with Crippen molar-refractivity contribution in [3.05, 3.63) is 71.5 Å². The summed E-state index contributed by atoms with van der Waals surface area (Å²) in [4.78, 5) is 16.0. The quantitative estimate of drug-likeness (QED) is 0.686. The number of nitrogens with zero attached hydrogens (tertiary/aromatic N) is 1. The SMILES string of the molecule is C[C@H](NCC(=O)Nc1cccnc1Cl)c1cccc2ccccc12. The smallest absolute Gasteiger partial charge is 0.238 e. The molecule has 0 aliphatic carbocycles. The number of pyridine rings is 1. The molecule has 3 aromatic rings. The van der Waals surface area contributed by atoms with E-state index in [4.69, 9.17) is 11.6 Å². The molecule has 0 fully saturated rings. The third-order valence-electron chi connectivity index (χ3n) is 3.89. The fourth-order valence-corrected chi connectivity index (χ4v) is 2.82. The lowest BCUT2D eigenvalue weighted by Crippen LogP contribution is -2.30. The van der Waals surface area contributed by atoms with Gasteiger partial charge in [-0.3, -0.25) is 4.79 Å². The van der Waals surface area contributed by atoms with Crippen molar-refractivity contribution in [3.63, 3.8) is 0 Å². The van der Waals surface area contributed by atoms with E-state index in [1.54, 1.807) is 18.3 Å². The van der Waals surface area contributed by atoms with Crippen LogP contribution in [0.25, 0.3) is 10.8 Å². The number of hydrogen-bond acceptors (Lipinski definition) is 3. The van der Waals surface area contributed by atoms with Crippen molar-refractivity contribution in [1.29, 1.82) is 0 Å². The van der Waals surface area contributed by atoms with Crippen LogP contribution in [0.5, 0.6) is 0 Å². The summed E-state index contributed by atoms with van der Waals surface area (Å²) in [6.45, 7) is 2.24. The molecule has 4 nitrogen and oxygen atoms in total. The van der Waals surface area contributed by atoms with Gasteiger partial charge in [-0.05, 0) is 35.4 Å². The van der Waals surface area contributed by atoms with Crippen molar-refractivity contribution in [2.45, 2.75) is 13.0 Å². The summed E-state index contributed by atoms with van der Waals surface area (Å²) < 4.78 is 0. The monoisotopic (exact) mass is 339 g/mol. The normalized spacial score (nSPS) is 12.1. The average Bonchev–Trinajstić information content (AvgIpc) is 2.61. The Morgan fingerprint density at radius 3 is 2.75 bits per heavy atom. The number of fused-ring (bicyclic) bond motifs is 1. The van der Waals surface area contributed by atoms with E-state index in [1.165, 1.54) is 16.3 Å². The number of amides is 1. The van der Waals surface area contributed by atoms with Gasteiger partial charge in [-0.15, -0.1) is 0 Å². The maximum atomic E-state index is 12.1. The Balaban J connectivity index is 1.65. The molecular weight excluding hydrogens is 322 g/mol. The standard InChI is InChI=1S/C19H18ClN3O/c1-13(15-9-4-7-14-6-2-3-8-16(14)15)22-12-18(24)23-17-10-5-11-21-19(17)20/h2-11,13,22H,12H2,1H3,(H,23,24)/t13-/m0/s1. The van der Waals surface area contributed by atoms with Gasteiger partial charge in [-0.2, -0.15) is 0 Å². The Morgan fingerprint density at radius 1 is 1.12 bits per heavy atom. The molecule has 0 aliphatic heterocycles. The number of hydrogen-bond donors (Lipinski definition) is 2. The molecule has 0 radical (unpaired) electrons. The van der Waals surface area contributed by atoms with Crippen LogP contribution < -0.4 is 10.6 Å². The molecule has 0 saturated heterocycles. The number of rotatable bonds is 5. The van der Waals surface area contributed by atoms with Gasteiger partial charge in [0, 0.05) is 12.2 Å². The third-order valence-corrected chi connectivity index (χ3v) is 4.19. The highest BCUT2D eigenvalue weighted by molar-refractivity contribution is 6.32. The largest absolute Gasteiger partial charge is 0.322 e. The van der Waals surface area contributed by atoms with Gasteiger partial charge in [0.25, 0.3) is 0 Å². The first-order valence-electron chi connectivity index (χ1n) is 7.76. The Hall–Kier alpha value is -2.43. The van der Waals surface area contributed by atoms with Crippen molar-refractivity contribution < 1.29 is 4.79 Å². The van der Waals surface area contributed by atoms with Gasteiger partial charge >= 0.3 is 0 Å². The molecule has 5 heteroatoms. The predicted octanol–water partition coefficient (Wildman–Crippen LogP) is 4.18. The first kappa shape index (κ1) is 16.4. The van der Waals surface area contributed by atoms with Crippen molar-refractivity contribution in [2.75, 3.05) is 11.9 Å². The molecule has 0 spiro atoms. The number of carbonyl (C=O) groups is 1. The number of benzene rings is 2. The van der Waals surface area contributed by atoms with Gasteiger partial charge in [0.1, 0.15) is 0 Å². The third kappa shape index (κ3) is 3.72. The molecule has 122 valence electrons. The predicted molar refractivity (Wildman–Crippen MR) is 98.2 cm³/mol. The van der Waals surface area contributed by atoms with Crippen molar-refractivity contribution >= 4 is 34.0 Å². The first-order chi connectivity index (χ1) is 11.6.